The van der Waals surface area contributed by atoms with E-state index < -0.39 is 29.4 Å². The molecule has 48 heavy (non-hydrogen) atoms. The summed E-state index contributed by atoms with van der Waals surface area (Å²) in [5, 5.41) is 14.9. The summed E-state index contributed by atoms with van der Waals surface area (Å²) in [6.07, 6.45) is 5.40. The summed E-state index contributed by atoms with van der Waals surface area (Å²) in [7, 11) is 3.26. The summed E-state index contributed by atoms with van der Waals surface area (Å²) in [4.78, 5) is 17.8. The molecule has 3 aliphatic heterocycles. The molecule has 2 unspecified atom stereocenters. The third-order valence-corrected chi connectivity index (χ3v) is 10.1. The van der Waals surface area contributed by atoms with Crippen LogP contribution in [0.15, 0.2) is 24.3 Å². The Hall–Kier alpha value is -4.41. The highest BCUT2D eigenvalue weighted by Gasteiger charge is 2.45. The van der Waals surface area contributed by atoms with Gasteiger partial charge in [-0.05, 0) is 56.4 Å². The Kier molecular flexibility index (Phi) is 8.20. The number of phenolic OH excluding ortho intramolecular Hbond substituents is 1. The van der Waals surface area contributed by atoms with E-state index in [2.05, 4.69) is 21.2 Å². The topological polar surface area (TPSA) is 95.9 Å². The lowest BCUT2D eigenvalue weighted by Crippen LogP contribution is -2.51. The van der Waals surface area contributed by atoms with Gasteiger partial charge >= 0.3 is 6.01 Å². The van der Waals surface area contributed by atoms with Crippen molar-refractivity contribution in [1.29, 1.82) is 0 Å². The van der Waals surface area contributed by atoms with Crippen molar-refractivity contribution in [3.63, 3.8) is 0 Å². The first kappa shape index (κ1) is 32.2. The van der Waals surface area contributed by atoms with Crippen molar-refractivity contribution in [2.24, 2.45) is 11.3 Å². The molecule has 7 rings (SSSR count). The van der Waals surface area contributed by atoms with Gasteiger partial charge in [0.15, 0.2) is 5.82 Å². The number of benzene rings is 2. The van der Waals surface area contributed by atoms with Crippen LogP contribution in [0, 0.1) is 35.3 Å². The van der Waals surface area contributed by atoms with Gasteiger partial charge in [0, 0.05) is 54.0 Å². The van der Waals surface area contributed by atoms with Gasteiger partial charge in [0.25, 0.3) is 0 Å². The number of terminal acetylenes is 1. The Morgan fingerprint density at radius 2 is 1.85 bits per heavy atom. The summed E-state index contributed by atoms with van der Waals surface area (Å²) in [5.41, 5.74) is -1.48. The average Bonchev–Trinajstić information content (AvgIpc) is 3.40. The third-order valence-electron chi connectivity index (χ3n) is 10.1. The number of ether oxygens (including phenoxy) is 2. The van der Waals surface area contributed by atoms with Gasteiger partial charge in [-0.15, -0.1) is 6.42 Å². The minimum Gasteiger partial charge on any atom is -0.508 e. The van der Waals surface area contributed by atoms with E-state index in [0.717, 1.165) is 12.8 Å². The SMILES string of the molecule is C#Cc1c(F)ccc2cc(O)cc(-c3nc(OC)c4c(N5CC6CCC(C5)N6)nc(OC[C@]5(C)CN(C)CC[C@@H]5C(F)F)nc4c3F)c12. The van der Waals surface area contributed by atoms with Crippen LogP contribution in [0.25, 0.3) is 32.9 Å². The van der Waals surface area contributed by atoms with Crippen LogP contribution in [-0.4, -0.2) is 90.4 Å². The Balaban J connectivity index is 1.42. The number of pyridine rings is 1. The van der Waals surface area contributed by atoms with Crippen molar-refractivity contribution < 1.29 is 32.1 Å². The van der Waals surface area contributed by atoms with Crippen LogP contribution in [0.3, 0.4) is 0 Å². The highest BCUT2D eigenvalue weighted by molar-refractivity contribution is 6.04. The lowest BCUT2D eigenvalue weighted by Gasteiger charge is -2.44. The molecule has 4 atom stereocenters. The van der Waals surface area contributed by atoms with Gasteiger partial charge in [0.2, 0.25) is 12.3 Å². The van der Waals surface area contributed by atoms with E-state index >= 15 is 4.39 Å². The number of phenols is 1. The number of nitrogens with one attached hydrogen (secondary N) is 1. The zero-order valence-corrected chi connectivity index (χ0v) is 26.9. The van der Waals surface area contributed by atoms with Crippen molar-refractivity contribution in [2.75, 3.05) is 51.8 Å². The highest BCUT2D eigenvalue weighted by atomic mass is 19.3. The van der Waals surface area contributed by atoms with Crippen LogP contribution in [0.4, 0.5) is 23.4 Å². The molecule has 9 nitrogen and oxygen atoms in total. The summed E-state index contributed by atoms with van der Waals surface area (Å²) in [6, 6.07) is 5.49. The van der Waals surface area contributed by atoms with Crippen molar-refractivity contribution >= 4 is 27.5 Å². The molecule has 3 saturated heterocycles. The van der Waals surface area contributed by atoms with E-state index in [1.54, 1.807) is 6.92 Å². The molecule has 2 bridgehead atoms. The molecule has 0 spiro atoms. The van der Waals surface area contributed by atoms with Crippen molar-refractivity contribution in [2.45, 2.75) is 44.7 Å². The average molecular weight is 665 g/mol. The van der Waals surface area contributed by atoms with Gasteiger partial charge < -0.3 is 29.7 Å². The Labute approximate surface area is 275 Å². The molecular weight excluding hydrogens is 628 g/mol. The normalized spacial score (nSPS) is 24.4. The Morgan fingerprint density at radius 1 is 1.10 bits per heavy atom. The molecule has 0 radical (unpaired) electrons. The second-order valence-electron chi connectivity index (χ2n) is 13.4. The molecule has 3 aliphatic rings. The number of piperidine rings is 1. The summed E-state index contributed by atoms with van der Waals surface area (Å²) in [5.74, 6) is -0.0229. The standard InChI is InChI=1S/C35H36F4N6O3/c1-5-22-25(36)9-6-18-12-21(46)13-23(26(18)22)29-28(37)30-27(33(41-29)47-4)32(45-14-19-7-8-20(15-45)40-19)43-34(42-30)48-17-35(2)16-44(3)11-10-24(35)31(38)39/h1,6,9,12-13,19-20,24,31,40,46H,7-8,10-11,14-17H2,2-4H3/t19?,20?,24-,35+/m1/s1. The quantitative estimate of drug-likeness (QED) is 0.200. The number of nitrogens with zero attached hydrogens (tertiary/aromatic N) is 5. The van der Waals surface area contributed by atoms with Crippen molar-refractivity contribution in [3.05, 3.63) is 41.5 Å². The lowest BCUT2D eigenvalue weighted by molar-refractivity contribution is -0.0679. The minimum atomic E-state index is -2.54. The predicted molar refractivity (Wildman–Crippen MR) is 174 cm³/mol. The molecule has 4 aromatic rings. The molecule has 0 aliphatic carbocycles. The largest absolute Gasteiger partial charge is 0.508 e. The predicted octanol–water partition coefficient (Wildman–Crippen LogP) is 5.36. The fourth-order valence-electron chi connectivity index (χ4n) is 7.78. The van der Waals surface area contributed by atoms with Gasteiger partial charge in [0.1, 0.15) is 34.0 Å². The number of aromatic nitrogens is 3. The number of fused-ring (bicyclic) bond motifs is 4. The maximum Gasteiger partial charge on any atom is 0.319 e. The summed E-state index contributed by atoms with van der Waals surface area (Å²) >= 11 is 0. The first-order chi connectivity index (χ1) is 23.0. The molecule has 0 amide bonds. The molecule has 0 saturated carbocycles. The molecule has 252 valence electrons. The number of hydrogen-bond acceptors (Lipinski definition) is 9. The van der Waals surface area contributed by atoms with E-state index in [1.807, 2.05) is 16.8 Å². The fourth-order valence-corrected chi connectivity index (χ4v) is 7.78. The lowest BCUT2D eigenvalue weighted by atomic mass is 9.73. The minimum absolute atomic E-state index is 0.00242. The zero-order valence-electron chi connectivity index (χ0n) is 26.9. The number of halogens is 4. The number of hydrogen-bond donors (Lipinski definition) is 2. The fraction of sp³-hybridized carbons (Fsp3) is 0.457. The summed E-state index contributed by atoms with van der Waals surface area (Å²) in [6.45, 7) is 3.71. The van der Waals surface area contributed by atoms with Gasteiger partial charge in [-0.3, -0.25) is 0 Å². The molecule has 2 aromatic heterocycles. The van der Waals surface area contributed by atoms with E-state index in [1.165, 1.54) is 31.4 Å². The number of rotatable bonds is 7. The van der Waals surface area contributed by atoms with Crippen molar-refractivity contribution in [3.8, 4) is 41.2 Å². The number of anilines is 1. The number of alkyl halides is 2. The third kappa shape index (κ3) is 5.50. The van der Waals surface area contributed by atoms with Crippen LogP contribution in [0.5, 0.6) is 17.6 Å². The number of aromatic hydroxyl groups is 1. The summed E-state index contributed by atoms with van der Waals surface area (Å²) < 4.78 is 72.2. The van der Waals surface area contributed by atoms with Crippen LogP contribution < -0.4 is 19.7 Å². The maximum atomic E-state index is 17.0. The molecule has 5 heterocycles. The van der Waals surface area contributed by atoms with Gasteiger partial charge in [0.05, 0.1) is 19.3 Å². The van der Waals surface area contributed by atoms with Crippen LogP contribution in [0.1, 0.15) is 31.7 Å². The van der Waals surface area contributed by atoms with E-state index in [9.17, 15) is 18.3 Å². The molecule has 13 heteroatoms. The second-order valence-corrected chi connectivity index (χ2v) is 13.4. The molecular formula is C35H36F4N6O3. The smallest absolute Gasteiger partial charge is 0.319 e. The number of piperazine rings is 1. The van der Waals surface area contributed by atoms with E-state index in [-0.39, 0.29) is 69.4 Å². The second kappa shape index (κ2) is 12.2. The first-order valence-corrected chi connectivity index (χ1v) is 16.0. The zero-order chi connectivity index (χ0) is 33.9. The number of likely N-dealkylation sites (tertiary alicyclic amines) is 1. The molecule has 2 aromatic carbocycles. The monoisotopic (exact) mass is 664 g/mol. The number of methoxy groups -OCH3 is 1. The van der Waals surface area contributed by atoms with Gasteiger partial charge in [-0.1, -0.05) is 18.9 Å². The van der Waals surface area contributed by atoms with Crippen LogP contribution >= 0.6 is 0 Å². The molecule has 3 fully saturated rings. The van der Waals surface area contributed by atoms with Crippen LogP contribution in [0.2, 0.25) is 0 Å². The first-order valence-electron chi connectivity index (χ1n) is 16.0. The molecule has 2 N–H and O–H groups in total. The van der Waals surface area contributed by atoms with Gasteiger partial charge in [-0.2, -0.15) is 9.97 Å². The van der Waals surface area contributed by atoms with E-state index in [0.29, 0.717) is 43.8 Å². The van der Waals surface area contributed by atoms with Crippen LogP contribution in [-0.2, 0) is 0 Å². The highest BCUT2D eigenvalue weighted by Crippen LogP contribution is 2.43. The van der Waals surface area contributed by atoms with E-state index in [4.69, 9.17) is 20.9 Å². The Bertz CT molecular complexity index is 1940. The Morgan fingerprint density at radius 3 is 2.54 bits per heavy atom. The van der Waals surface area contributed by atoms with Crippen molar-refractivity contribution in [1.82, 2.24) is 25.2 Å². The van der Waals surface area contributed by atoms with Gasteiger partial charge in [-0.25, -0.2) is 22.5 Å². The maximum absolute atomic E-state index is 17.0.